The number of hydrogen-bond donors (Lipinski definition) is 0. The molecule has 1 heterocycles. The molecule has 0 N–H and O–H groups in total. The maximum absolute atomic E-state index is 13.0. The third-order valence-corrected chi connectivity index (χ3v) is 5.20. The lowest BCUT2D eigenvalue weighted by atomic mass is 10.1. The summed E-state index contributed by atoms with van der Waals surface area (Å²) in [6, 6.07) is 11.6. The molecule has 1 fully saturated rings. The highest BCUT2D eigenvalue weighted by molar-refractivity contribution is 5.94. The maximum Gasteiger partial charge on any atom is 0.253 e. The Morgan fingerprint density at radius 3 is 2.14 bits per heavy atom. The topological polar surface area (TPSA) is 49.9 Å². The van der Waals surface area contributed by atoms with E-state index in [1.807, 2.05) is 32.0 Å². The summed E-state index contributed by atoms with van der Waals surface area (Å²) in [6.07, 6.45) is 1.08. The van der Waals surface area contributed by atoms with Crippen molar-refractivity contribution in [1.29, 1.82) is 0 Å². The van der Waals surface area contributed by atoms with E-state index in [-0.39, 0.29) is 17.6 Å². The van der Waals surface area contributed by atoms with Gasteiger partial charge in [-0.25, -0.2) is 4.39 Å². The predicted molar refractivity (Wildman–Crippen MR) is 110 cm³/mol. The van der Waals surface area contributed by atoms with Gasteiger partial charge in [0.25, 0.3) is 5.91 Å². The van der Waals surface area contributed by atoms with Crippen molar-refractivity contribution >= 4 is 11.8 Å². The second-order valence-electron chi connectivity index (χ2n) is 7.35. The molecule has 1 aliphatic rings. The zero-order valence-corrected chi connectivity index (χ0v) is 17.0. The maximum atomic E-state index is 13.0. The minimum atomic E-state index is -0.362. The molecule has 0 bridgehead atoms. The molecule has 2 aromatic rings. The van der Waals surface area contributed by atoms with Gasteiger partial charge in [-0.3, -0.25) is 9.59 Å². The second-order valence-corrected chi connectivity index (χ2v) is 7.35. The number of rotatable bonds is 6. The molecule has 1 aliphatic heterocycles. The summed E-state index contributed by atoms with van der Waals surface area (Å²) < 4.78 is 18.9. The molecule has 1 saturated heterocycles. The Hall–Kier alpha value is -2.89. The molecule has 154 valence electrons. The fraction of sp³-hybridized carbons (Fsp3) is 0.391. The van der Waals surface area contributed by atoms with Crippen LogP contribution >= 0.6 is 0 Å². The fourth-order valence-corrected chi connectivity index (χ4v) is 3.52. The van der Waals surface area contributed by atoms with Gasteiger partial charge in [0, 0.05) is 38.2 Å². The first-order chi connectivity index (χ1) is 14.0. The summed E-state index contributed by atoms with van der Waals surface area (Å²) in [5.41, 5.74) is 2.66. The van der Waals surface area contributed by atoms with Crippen LogP contribution in [-0.2, 0) is 4.79 Å². The highest BCUT2D eigenvalue weighted by Gasteiger charge is 2.24. The van der Waals surface area contributed by atoms with Crippen molar-refractivity contribution in [3.05, 3.63) is 65.0 Å². The first-order valence-corrected chi connectivity index (χ1v) is 9.97. The summed E-state index contributed by atoms with van der Waals surface area (Å²) in [5, 5.41) is 0. The van der Waals surface area contributed by atoms with E-state index in [1.165, 1.54) is 24.3 Å². The zero-order chi connectivity index (χ0) is 20.8. The smallest absolute Gasteiger partial charge is 0.253 e. The van der Waals surface area contributed by atoms with Crippen molar-refractivity contribution in [1.82, 2.24) is 9.80 Å². The number of ether oxygens (including phenoxy) is 1. The molecule has 0 radical (unpaired) electrons. The van der Waals surface area contributed by atoms with E-state index in [4.69, 9.17) is 4.74 Å². The minimum Gasteiger partial charge on any atom is -0.493 e. The Morgan fingerprint density at radius 1 is 0.931 bits per heavy atom. The van der Waals surface area contributed by atoms with Crippen LogP contribution in [0.2, 0.25) is 0 Å². The first-order valence-electron chi connectivity index (χ1n) is 9.97. The molecule has 0 aromatic heterocycles. The Kier molecular flexibility index (Phi) is 6.86. The van der Waals surface area contributed by atoms with Crippen molar-refractivity contribution < 1.29 is 18.7 Å². The zero-order valence-electron chi connectivity index (χ0n) is 17.0. The van der Waals surface area contributed by atoms with Crippen LogP contribution in [0.25, 0.3) is 0 Å². The van der Waals surface area contributed by atoms with Gasteiger partial charge in [0.2, 0.25) is 5.91 Å². The highest BCUT2D eigenvalue weighted by atomic mass is 19.1. The van der Waals surface area contributed by atoms with Gasteiger partial charge >= 0.3 is 0 Å². The van der Waals surface area contributed by atoms with Crippen LogP contribution in [0.4, 0.5) is 4.39 Å². The molecule has 0 aliphatic carbocycles. The SMILES string of the molecule is Cc1cccc(C)c1OCCCC(=O)N1CCN(C(=O)c2ccc(F)cc2)CC1. The van der Waals surface area contributed by atoms with E-state index < -0.39 is 0 Å². The lowest BCUT2D eigenvalue weighted by Crippen LogP contribution is -2.50. The van der Waals surface area contributed by atoms with Crippen LogP contribution in [-0.4, -0.2) is 54.4 Å². The summed E-state index contributed by atoms with van der Waals surface area (Å²) in [4.78, 5) is 28.4. The second kappa shape index (κ2) is 9.54. The van der Waals surface area contributed by atoms with Gasteiger partial charge < -0.3 is 14.5 Å². The Bertz CT molecular complexity index is 839. The molecule has 0 atom stereocenters. The van der Waals surface area contributed by atoms with E-state index in [0.717, 1.165) is 16.9 Å². The van der Waals surface area contributed by atoms with Gasteiger partial charge in [-0.2, -0.15) is 0 Å². The van der Waals surface area contributed by atoms with Gasteiger partial charge in [0.15, 0.2) is 0 Å². The van der Waals surface area contributed by atoms with Crippen molar-refractivity contribution in [3.8, 4) is 5.75 Å². The van der Waals surface area contributed by atoms with E-state index in [2.05, 4.69) is 0 Å². The number of amides is 2. The van der Waals surface area contributed by atoms with Crippen molar-refractivity contribution in [2.45, 2.75) is 26.7 Å². The van der Waals surface area contributed by atoms with Crippen molar-refractivity contribution in [2.24, 2.45) is 0 Å². The van der Waals surface area contributed by atoms with Crippen molar-refractivity contribution in [2.75, 3.05) is 32.8 Å². The first kappa shape index (κ1) is 20.8. The van der Waals surface area contributed by atoms with Crippen LogP contribution in [0, 0.1) is 19.7 Å². The number of nitrogens with zero attached hydrogens (tertiary/aromatic N) is 2. The van der Waals surface area contributed by atoms with Gasteiger partial charge in [0.05, 0.1) is 6.61 Å². The van der Waals surface area contributed by atoms with Gasteiger partial charge in [-0.05, 0) is 55.7 Å². The molecule has 2 aromatic carbocycles. The van der Waals surface area contributed by atoms with E-state index in [9.17, 15) is 14.0 Å². The number of halogens is 1. The van der Waals surface area contributed by atoms with Crippen LogP contribution in [0.3, 0.4) is 0 Å². The quantitative estimate of drug-likeness (QED) is 0.699. The Morgan fingerprint density at radius 2 is 1.52 bits per heavy atom. The number of carbonyl (C=O) groups excluding carboxylic acids is 2. The lowest BCUT2D eigenvalue weighted by Gasteiger charge is -2.35. The van der Waals surface area contributed by atoms with Crippen LogP contribution in [0.5, 0.6) is 5.75 Å². The molecule has 29 heavy (non-hydrogen) atoms. The molecule has 0 spiro atoms. The molecule has 6 heteroatoms. The van der Waals surface area contributed by atoms with Gasteiger partial charge in [0.1, 0.15) is 11.6 Å². The molecule has 2 amide bonds. The lowest BCUT2D eigenvalue weighted by molar-refractivity contribution is -0.132. The third kappa shape index (κ3) is 5.34. The molecule has 0 saturated carbocycles. The largest absolute Gasteiger partial charge is 0.493 e. The van der Waals surface area contributed by atoms with Crippen LogP contribution in [0.15, 0.2) is 42.5 Å². The molecule has 0 unspecified atom stereocenters. The number of hydrogen-bond acceptors (Lipinski definition) is 3. The van der Waals surface area contributed by atoms with Crippen molar-refractivity contribution in [3.63, 3.8) is 0 Å². The number of piperazine rings is 1. The van der Waals surface area contributed by atoms with Crippen LogP contribution in [0.1, 0.15) is 34.3 Å². The predicted octanol–water partition coefficient (Wildman–Crippen LogP) is 3.59. The summed E-state index contributed by atoms with van der Waals surface area (Å²) in [7, 11) is 0. The number of aryl methyl sites for hydroxylation is 2. The summed E-state index contributed by atoms with van der Waals surface area (Å²) >= 11 is 0. The molecule has 3 rings (SSSR count). The van der Waals surface area contributed by atoms with E-state index in [0.29, 0.717) is 51.2 Å². The van der Waals surface area contributed by atoms with Crippen LogP contribution < -0.4 is 4.74 Å². The highest BCUT2D eigenvalue weighted by Crippen LogP contribution is 2.22. The number of para-hydroxylation sites is 1. The normalized spacial score (nSPS) is 14.0. The number of carbonyl (C=O) groups is 2. The third-order valence-electron chi connectivity index (χ3n) is 5.20. The summed E-state index contributed by atoms with van der Waals surface area (Å²) in [5.74, 6) is 0.495. The minimum absolute atomic E-state index is 0.0870. The Labute approximate surface area is 171 Å². The average Bonchev–Trinajstić information content (AvgIpc) is 2.73. The summed E-state index contributed by atoms with van der Waals surface area (Å²) in [6.45, 7) is 6.54. The molecular weight excluding hydrogens is 371 g/mol. The molecule has 5 nitrogen and oxygen atoms in total. The van der Waals surface area contributed by atoms with E-state index >= 15 is 0 Å². The van der Waals surface area contributed by atoms with E-state index in [1.54, 1.807) is 9.80 Å². The van der Waals surface area contributed by atoms with Gasteiger partial charge in [-0.1, -0.05) is 18.2 Å². The van der Waals surface area contributed by atoms with Gasteiger partial charge in [-0.15, -0.1) is 0 Å². The Balaban J connectivity index is 1.41. The number of benzene rings is 2. The standard InChI is InChI=1S/C23H27FN2O3/c1-17-5-3-6-18(2)22(17)29-16-4-7-21(27)25-12-14-26(15-13-25)23(28)19-8-10-20(24)11-9-19/h3,5-6,8-11H,4,7,12-16H2,1-2H3. The fourth-order valence-electron chi connectivity index (χ4n) is 3.52. The monoisotopic (exact) mass is 398 g/mol. The average molecular weight is 398 g/mol. The molecular formula is C23H27FN2O3.